The van der Waals surface area contributed by atoms with Crippen LogP contribution in [0.25, 0.3) is 0 Å². The molecule has 21 heavy (non-hydrogen) atoms. The SMILES string of the molecule is CN1C(=O)CC(Nc2cc(Cl)ccc2Br)c2ccccc21. The lowest BCUT2D eigenvalue weighted by Gasteiger charge is -2.32. The van der Waals surface area contributed by atoms with Gasteiger partial charge in [-0.2, -0.15) is 0 Å². The van der Waals surface area contributed by atoms with Crippen LogP contribution >= 0.6 is 27.5 Å². The summed E-state index contributed by atoms with van der Waals surface area (Å²) in [7, 11) is 1.81. The molecule has 0 bridgehead atoms. The molecule has 2 aromatic carbocycles. The summed E-state index contributed by atoms with van der Waals surface area (Å²) < 4.78 is 0.927. The first-order chi connectivity index (χ1) is 10.1. The van der Waals surface area contributed by atoms with Gasteiger partial charge in [0.05, 0.1) is 18.2 Å². The van der Waals surface area contributed by atoms with Gasteiger partial charge in [0, 0.05) is 22.2 Å². The van der Waals surface area contributed by atoms with Crippen molar-refractivity contribution in [3.8, 4) is 0 Å². The van der Waals surface area contributed by atoms with E-state index in [4.69, 9.17) is 11.6 Å². The fourth-order valence-corrected chi connectivity index (χ4v) is 3.10. The third-order valence-electron chi connectivity index (χ3n) is 3.68. The smallest absolute Gasteiger partial charge is 0.229 e. The number of benzene rings is 2. The molecule has 108 valence electrons. The molecule has 0 radical (unpaired) electrons. The number of halogens is 2. The van der Waals surface area contributed by atoms with E-state index in [1.165, 1.54) is 0 Å². The minimum Gasteiger partial charge on any atom is -0.377 e. The Labute approximate surface area is 137 Å². The molecule has 1 unspecified atom stereocenters. The zero-order valence-corrected chi connectivity index (χ0v) is 13.8. The summed E-state index contributed by atoms with van der Waals surface area (Å²) in [6, 6.07) is 13.5. The van der Waals surface area contributed by atoms with Crippen LogP contribution in [0.1, 0.15) is 18.0 Å². The Bertz CT molecular complexity index is 704. The number of hydrogen-bond donors (Lipinski definition) is 1. The Hall–Kier alpha value is -1.52. The van der Waals surface area contributed by atoms with Crippen LogP contribution in [0.15, 0.2) is 46.9 Å². The summed E-state index contributed by atoms with van der Waals surface area (Å²) in [5, 5.41) is 4.08. The zero-order chi connectivity index (χ0) is 15.0. The monoisotopic (exact) mass is 364 g/mol. The fourth-order valence-electron chi connectivity index (χ4n) is 2.57. The molecular formula is C16H14BrClN2O. The maximum absolute atomic E-state index is 12.2. The van der Waals surface area contributed by atoms with Gasteiger partial charge in [0.2, 0.25) is 5.91 Å². The van der Waals surface area contributed by atoms with Crippen LogP contribution in [0.4, 0.5) is 11.4 Å². The number of anilines is 2. The minimum atomic E-state index is -0.0559. The number of nitrogens with zero attached hydrogens (tertiary/aromatic N) is 1. The Morgan fingerprint density at radius 1 is 1.29 bits per heavy atom. The number of rotatable bonds is 2. The first-order valence-electron chi connectivity index (χ1n) is 6.63. The van der Waals surface area contributed by atoms with E-state index < -0.39 is 0 Å². The normalized spacial score (nSPS) is 17.6. The molecule has 0 saturated heterocycles. The summed E-state index contributed by atoms with van der Waals surface area (Å²) in [4.78, 5) is 13.9. The molecular weight excluding hydrogens is 352 g/mol. The molecule has 0 aliphatic carbocycles. The van der Waals surface area contributed by atoms with Crippen molar-refractivity contribution in [2.45, 2.75) is 12.5 Å². The van der Waals surface area contributed by atoms with Gasteiger partial charge in [-0.15, -0.1) is 0 Å². The van der Waals surface area contributed by atoms with Gasteiger partial charge in [0.25, 0.3) is 0 Å². The average molecular weight is 366 g/mol. The molecule has 1 atom stereocenters. The van der Waals surface area contributed by atoms with Crippen LogP contribution in [-0.2, 0) is 4.79 Å². The number of amides is 1. The molecule has 0 saturated carbocycles. The summed E-state index contributed by atoms with van der Waals surface area (Å²) in [6.45, 7) is 0. The largest absolute Gasteiger partial charge is 0.377 e. The molecule has 0 aromatic heterocycles. The van der Waals surface area contributed by atoms with Gasteiger partial charge in [-0.3, -0.25) is 4.79 Å². The van der Waals surface area contributed by atoms with Gasteiger partial charge in [0.15, 0.2) is 0 Å². The highest BCUT2D eigenvalue weighted by atomic mass is 79.9. The number of nitrogens with one attached hydrogen (secondary N) is 1. The second-order valence-electron chi connectivity index (χ2n) is 5.04. The molecule has 1 amide bonds. The summed E-state index contributed by atoms with van der Waals surface area (Å²) in [5.41, 5.74) is 2.95. The van der Waals surface area contributed by atoms with Crippen molar-refractivity contribution in [3.05, 3.63) is 57.5 Å². The third kappa shape index (κ3) is 2.78. The molecule has 3 nitrogen and oxygen atoms in total. The molecule has 0 fully saturated rings. The van der Waals surface area contributed by atoms with Gasteiger partial charge in [0.1, 0.15) is 0 Å². The second-order valence-corrected chi connectivity index (χ2v) is 6.33. The first kappa shape index (κ1) is 14.4. The van der Waals surface area contributed by atoms with Crippen LogP contribution in [-0.4, -0.2) is 13.0 Å². The second kappa shape index (κ2) is 5.70. The molecule has 1 aliphatic heterocycles. The number of fused-ring (bicyclic) bond motifs is 1. The quantitative estimate of drug-likeness (QED) is 0.842. The summed E-state index contributed by atoms with van der Waals surface area (Å²) >= 11 is 9.56. The van der Waals surface area contributed by atoms with Crippen LogP contribution in [0, 0.1) is 0 Å². The summed E-state index contributed by atoms with van der Waals surface area (Å²) in [6.07, 6.45) is 0.423. The van der Waals surface area contributed by atoms with Crippen molar-refractivity contribution in [2.75, 3.05) is 17.3 Å². The molecule has 0 spiro atoms. The maximum Gasteiger partial charge on any atom is 0.229 e. The Balaban J connectivity index is 1.98. The maximum atomic E-state index is 12.2. The molecule has 5 heteroatoms. The highest BCUT2D eigenvalue weighted by Gasteiger charge is 2.29. The van der Waals surface area contributed by atoms with Crippen LogP contribution in [0.3, 0.4) is 0 Å². The number of hydrogen-bond acceptors (Lipinski definition) is 2. The van der Waals surface area contributed by atoms with Crippen molar-refractivity contribution in [2.24, 2.45) is 0 Å². The Morgan fingerprint density at radius 3 is 2.86 bits per heavy atom. The van der Waals surface area contributed by atoms with E-state index >= 15 is 0 Å². The topological polar surface area (TPSA) is 32.3 Å². The van der Waals surface area contributed by atoms with Gasteiger partial charge < -0.3 is 10.2 Å². The van der Waals surface area contributed by atoms with E-state index in [1.54, 1.807) is 4.90 Å². The zero-order valence-electron chi connectivity index (χ0n) is 11.4. The molecule has 1 heterocycles. The van der Waals surface area contributed by atoms with Crippen LogP contribution < -0.4 is 10.2 Å². The highest BCUT2D eigenvalue weighted by Crippen LogP contribution is 2.37. The minimum absolute atomic E-state index is 0.0559. The Kier molecular flexibility index (Phi) is 3.91. The fraction of sp³-hybridized carbons (Fsp3) is 0.188. The van der Waals surface area contributed by atoms with E-state index in [1.807, 2.05) is 49.5 Å². The van der Waals surface area contributed by atoms with Gasteiger partial charge >= 0.3 is 0 Å². The predicted octanol–water partition coefficient (Wildman–Crippen LogP) is 4.62. The number of carbonyl (C=O) groups is 1. The average Bonchev–Trinajstić information content (AvgIpc) is 2.48. The first-order valence-corrected chi connectivity index (χ1v) is 7.80. The van der Waals surface area contributed by atoms with Crippen molar-refractivity contribution >= 4 is 44.8 Å². The number of carbonyl (C=O) groups excluding carboxylic acids is 1. The molecule has 1 aliphatic rings. The molecule has 1 N–H and O–H groups in total. The van der Waals surface area contributed by atoms with E-state index in [2.05, 4.69) is 21.2 Å². The summed E-state index contributed by atoms with van der Waals surface area (Å²) in [5.74, 6) is 0.101. The van der Waals surface area contributed by atoms with Crippen molar-refractivity contribution in [3.63, 3.8) is 0 Å². The van der Waals surface area contributed by atoms with Gasteiger partial charge in [-0.05, 0) is 45.8 Å². The van der Waals surface area contributed by atoms with Gasteiger partial charge in [-0.25, -0.2) is 0 Å². The van der Waals surface area contributed by atoms with E-state index in [-0.39, 0.29) is 11.9 Å². The highest BCUT2D eigenvalue weighted by molar-refractivity contribution is 9.10. The van der Waals surface area contributed by atoms with Crippen molar-refractivity contribution in [1.29, 1.82) is 0 Å². The standard InChI is InChI=1S/C16H14BrClN2O/c1-20-15-5-3-2-4-11(15)13(9-16(20)21)19-14-8-10(18)6-7-12(14)17/h2-8,13,19H,9H2,1H3. The van der Waals surface area contributed by atoms with Crippen molar-refractivity contribution < 1.29 is 4.79 Å². The van der Waals surface area contributed by atoms with Gasteiger partial charge in [-0.1, -0.05) is 29.8 Å². The lowest BCUT2D eigenvalue weighted by atomic mass is 9.96. The van der Waals surface area contributed by atoms with E-state index in [9.17, 15) is 4.79 Å². The lowest BCUT2D eigenvalue weighted by molar-refractivity contribution is -0.118. The van der Waals surface area contributed by atoms with Crippen LogP contribution in [0.2, 0.25) is 5.02 Å². The molecule has 2 aromatic rings. The van der Waals surface area contributed by atoms with Crippen molar-refractivity contribution in [1.82, 2.24) is 0 Å². The van der Waals surface area contributed by atoms with E-state index in [0.29, 0.717) is 11.4 Å². The lowest BCUT2D eigenvalue weighted by Crippen LogP contribution is -2.35. The predicted molar refractivity (Wildman–Crippen MR) is 90.0 cm³/mol. The number of para-hydroxylation sites is 1. The molecule has 3 rings (SSSR count). The third-order valence-corrected chi connectivity index (χ3v) is 4.61. The Morgan fingerprint density at radius 2 is 2.05 bits per heavy atom. The van der Waals surface area contributed by atoms with E-state index in [0.717, 1.165) is 21.4 Å². The van der Waals surface area contributed by atoms with Crippen LogP contribution in [0.5, 0.6) is 0 Å².